The lowest BCUT2D eigenvalue weighted by molar-refractivity contribution is 0.0932. The molecule has 5 heteroatoms. The van der Waals surface area contributed by atoms with Crippen molar-refractivity contribution in [2.75, 3.05) is 0 Å². The minimum absolute atomic E-state index is 0.0360. The van der Waals surface area contributed by atoms with E-state index < -0.39 is 0 Å². The Morgan fingerprint density at radius 2 is 2.31 bits per heavy atom. The van der Waals surface area contributed by atoms with Gasteiger partial charge in [0.2, 0.25) is 0 Å². The molecule has 0 radical (unpaired) electrons. The van der Waals surface area contributed by atoms with Crippen LogP contribution in [0.1, 0.15) is 30.8 Å². The van der Waals surface area contributed by atoms with E-state index >= 15 is 0 Å². The van der Waals surface area contributed by atoms with Gasteiger partial charge in [0.1, 0.15) is 5.69 Å². The second-order valence-corrected chi connectivity index (χ2v) is 5.32. The SMILES string of the molecule is CC(Cl)CC(C)NC(=O)c1ncccc1Br. The van der Waals surface area contributed by atoms with Crippen molar-refractivity contribution in [2.24, 2.45) is 0 Å². The quantitative estimate of drug-likeness (QED) is 0.869. The Kier molecular flexibility index (Phi) is 5.22. The summed E-state index contributed by atoms with van der Waals surface area (Å²) in [7, 11) is 0. The normalized spacial score (nSPS) is 14.2. The first-order valence-corrected chi connectivity index (χ1v) is 6.29. The lowest BCUT2D eigenvalue weighted by Crippen LogP contribution is -2.34. The molecule has 2 atom stereocenters. The molecular weight excluding hydrogens is 291 g/mol. The van der Waals surface area contributed by atoms with Crippen LogP contribution in [0.15, 0.2) is 22.8 Å². The van der Waals surface area contributed by atoms with Crippen LogP contribution in [0.5, 0.6) is 0 Å². The van der Waals surface area contributed by atoms with E-state index in [1.165, 1.54) is 0 Å². The van der Waals surface area contributed by atoms with E-state index in [0.29, 0.717) is 10.2 Å². The average molecular weight is 306 g/mol. The molecule has 1 aromatic heterocycles. The fraction of sp³-hybridized carbons (Fsp3) is 0.455. The summed E-state index contributed by atoms with van der Waals surface area (Å²) in [6.07, 6.45) is 2.33. The van der Waals surface area contributed by atoms with Crippen LogP contribution in [0, 0.1) is 0 Å². The zero-order chi connectivity index (χ0) is 12.1. The van der Waals surface area contributed by atoms with Crippen LogP contribution in [0.25, 0.3) is 0 Å². The van der Waals surface area contributed by atoms with Crippen molar-refractivity contribution in [3.05, 3.63) is 28.5 Å². The molecule has 88 valence electrons. The van der Waals surface area contributed by atoms with Gasteiger partial charge in [0, 0.05) is 22.1 Å². The van der Waals surface area contributed by atoms with Crippen LogP contribution in [-0.2, 0) is 0 Å². The lowest BCUT2D eigenvalue weighted by Gasteiger charge is -2.14. The van der Waals surface area contributed by atoms with E-state index in [4.69, 9.17) is 11.6 Å². The van der Waals surface area contributed by atoms with Gasteiger partial charge in [0.15, 0.2) is 0 Å². The van der Waals surface area contributed by atoms with Gasteiger partial charge < -0.3 is 5.32 Å². The van der Waals surface area contributed by atoms with Gasteiger partial charge in [-0.25, -0.2) is 4.98 Å². The Balaban J connectivity index is 2.63. The predicted octanol–water partition coefficient (Wildman–Crippen LogP) is 2.98. The summed E-state index contributed by atoms with van der Waals surface area (Å²) >= 11 is 9.15. The minimum Gasteiger partial charge on any atom is -0.348 e. The third-order valence-electron chi connectivity index (χ3n) is 2.03. The van der Waals surface area contributed by atoms with Crippen molar-refractivity contribution < 1.29 is 4.79 Å². The van der Waals surface area contributed by atoms with E-state index in [0.717, 1.165) is 6.42 Å². The fourth-order valence-corrected chi connectivity index (χ4v) is 2.09. The molecule has 1 heterocycles. The van der Waals surface area contributed by atoms with E-state index in [2.05, 4.69) is 26.2 Å². The van der Waals surface area contributed by atoms with Gasteiger partial charge in [-0.1, -0.05) is 0 Å². The van der Waals surface area contributed by atoms with Gasteiger partial charge in [-0.15, -0.1) is 11.6 Å². The number of carbonyl (C=O) groups is 1. The number of nitrogens with zero attached hydrogens (tertiary/aromatic N) is 1. The van der Waals surface area contributed by atoms with E-state index in [9.17, 15) is 4.79 Å². The summed E-state index contributed by atoms with van der Waals surface area (Å²) in [6, 6.07) is 3.59. The summed E-state index contributed by atoms with van der Waals surface area (Å²) < 4.78 is 0.693. The first-order valence-electron chi connectivity index (χ1n) is 5.06. The molecule has 0 aromatic carbocycles. The van der Waals surface area contributed by atoms with Crippen molar-refractivity contribution in [1.82, 2.24) is 10.3 Å². The number of pyridine rings is 1. The Morgan fingerprint density at radius 3 is 2.88 bits per heavy atom. The zero-order valence-corrected chi connectivity index (χ0v) is 11.5. The van der Waals surface area contributed by atoms with Gasteiger partial charge in [-0.2, -0.15) is 0 Å². The maximum atomic E-state index is 11.8. The standard InChI is InChI=1S/C11H14BrClN2O/c1-7(13)6-8(2)15-11(16)10-9(12)4-3-5-14-10/h3-5,7-8H,6H2,1-2H3,(H,15,16). The summed E-state index contributed by atoms with van der Waals surface area (Å²) in [6.45, 7) is 3.83. The van der Waals surface area contributed by atoms with E-state index in [1.54, 1.807) is 18.3 Å². The average Bonchev–Trinajstić information content (AvgIpc) is 2.16. The number of nitrogens with one attached hydrogen (secondary N) is 1. The molecule has 0 aliphatic rings. The summed E-state index contributed by atoms with van der Waals surface area (Å²) in [5.74, 6) is -0.183. The zero-order valence-electron chi connectivity index (χ0n) is 9.21. The number of aromatic nitrogens is 1. The number of hydrogen-bond acceptors (Lipinski definition) is 2. The van der Waals surface area contributed by atoms with Crippen molar-refractivity contribution in [1.29, 1.82) is 0 Å². The number of halogens is 2. The number of hydrogen-bond donors (Lipinski definition) is 1. The molecule has 1 aromatic rings. The molecule has 1 rings (SSSR count). The highest BCUT2D eigenvalue weighted by Gasteiger charge is 2.14. The molecule has 2 unspecified atom stereocenters. The largest absolute Gasteiger partial charge is 0.348 e. The van der Waals surface area contributed by atoms with Gasteiger partial charge in [-0.3, -0.25) is 4.79 Å². The van der Waals surface area contributed by atoms with Crippen LogP contribution < -0.4 is 5.32 Å². The molecular formula is C11H14BrClN2O. The topological polar surface area (TPSA) is 42.0 Å². The van der Waals surface area contributed by atoms with Crippen molar-refractivity contribution in [3.63, 3.8) is 0 Å². The predicted molar refractivity (Wildman–Crippen MR) is 68.8 cm³/mol. The number of alkyl halides is 1. The number of carbonyl (C=O) groups excluding carboxylic acids is 1. The van der Waals surface area contributed by atoms with E-state index in [1.807, 2.05) is 13.8 Å². The van der Waals surface area contributed by atoms with Gasteiger partial charge in [0.25, 0.3) is 5.91 Å². The summed E-state index contributed by atoms with van der Waals surface area (Å²) in [5, 5.41) is 2.90. The fourth-order valence-electron chi connectivity index (χ4n) is 1.39. The lowest BCUT2D eigenvalue weighted by atomic mass is 10.2. The van der Waals surface area contributed by atoms with Crippen LogP contribution in [0.3, 0.4) is 0 Å². The number of rotatable bonds is 4. The second kappa shape index (κ2) is 6.21. The molecule has 3 nitrogen and oxygen atoms in total. The highest BCUT2D eigenvalue weighted by atomic mass is 79.9. The highest BCUT2D eigenvalue weighted by Crippen LogP contribution is 2.13. The summed E-state index contributed by atoms with van der Waals surface area (Å²) in [5.41, 5.74) is 0.400. The Bertz CT molecular complexity index is 371. The molecule has 1 N–H and O–H groups in total. The molecule has 0 aliphatic heterocycles. The Morgan fingerprint density at radius 1 is 1.62 bits per heavy atom. The first-order chi connectivity index (χ1) is 7.50. The van der Waals surface area contributed by atoms with Crippen LogP contribution in [-0.4, -0.2) is 22.3 Å². The summed E-state index contributed by atoms with van der Waals surface area (Å²) in [4.78, 5) is 15.8. The minimum atomic E-state index is -0.183. The van der Waals surface area contributed by atoms with Crippen molar-refractivity contribution in [3.8, 4) is 0 Å². The van der Waals surface area contributed by atoms with Crippen molar-refractivity contribution in [2.45, 2.75) is 31.7 Å². The van der Waals surface area contributed by atoms with E-state index in [-0.39, 0.29) is 17.3 Å². The van der Waals surface area contributed by atoms with Gasteiger partial charge in [-0.05, 0) is 48.3 Å². The molecule has 16 heavy (non-hydrogen) atoms. The monoisotopic (exact) mass is 304 g/mol. The van der Waals surface area contributed by atoms with Crippen molar-refractivity contribution >= 4 is 33.4 Å². The van der Waals surface area contributed by atoms with Crippen LogP contribution >= 0.6 is 27.5 Å². The first kappa shape index (κ1) is 13.5. The third-order valence-corrected chi connectivity index (χ3v) is 2.85. The molecule has 0 fully saturated rings. The molecule has 0 saturated heterocycles. The molecule has 0 spiro atoms. The van der Waals surface area contributed by atoms with Gasteiger partial charge >= 0.3 is 0 Å². The third kappa shape index (κ3) is 4.10. The highest BCUT2D eigenvalue weighted by molar-refractivity contribution is 9.10. The molecule has 1 amide bonds. The second-order valence-electron chi connectivity index (χ2n) is 3.72. The molecule has 0 bridgehead atoms. The van der Waals surface area contributed by atoms with Gasteiger partial charge in [0.05, 0.1) is 0 Å². The molecule has 0 saturated carbocycles. The Hall–Kier alpha value is -0.610. The number of amides is 1. The maximum Gasteiger partial charge on any atom is 0.271 e. The van der Waals surface area contributed by atoms with Crippen LogP contribution in [0.4, 0.5) is 0 Å². The van der Waals surface area contributed by atoms with Crippen LogP contribution in [0.2, 0.25) is 0 Å². The maximum absolute atomic E-state index is 11.8. The molecule has 0 aliphatic carbocycles. The smallest absolute Gasteiger partial charge is 0.271 e. The Labute approximate surface area is 109 Å².